The molecule has 1 atom stereocenters. The summed E-state index contributed by atoms with van der Waals surface area (Å²) >= 11 is 0. The van der Waals surface area contributed by atoms with E-state index in [4.69, 9.17) is 9.47 Å². The average Bonchev–Trinajstić information content (AvgIpc) is 2.66. The molecule has 1 aromatic carbocycles. The number of carbonyl (C=O) groups excluding carboxylic acids is 1. The highest BCUT2D eigenvalue weighted by Crippen LogP contribution is 2.18. The number of rotatable bonds is 11. The predicted molar refractivity (Wildman–Crippen MR) is 101 cm³/mol. The summed E-state index contributed by atoms with van der Waals surface area (Å²) in [5.41, 5.74) is 0.754. The Morgan fingerprint density at radius 1 is 1.12 bits per heavy atom. The number of unbranched alkanes of at least 4 members (excludes halogenated alkanes) is 1. The van der Waals surface area contributed by atoms with Crippen molar-refractivity contribution < 1.29 is 14.3 Å². The first-order valence-corrected chi connectivity index (χ1v) is 9.81. The Bertz CT molecular complexity index is 494. The highest BCUT2D eigenvalue weighted by Gasteiger charge is 2.24. The van der Waals surface area contributed by atoms with Crippen molar-refractivity contribution in [2.75, 3.05) is 39.5 Å². The number of hydrogen-bond donors (Lipinski definition) is 0. The van der Waals surface area contributed by atoms with Crippen molar-refractivity contribution in [3.05, 3.63) is 29.8 Å². The van der Waals surface area contributed by atoms with Gasteiger partial charge in [-0.15, -0.1) is 0 Å². The van der Waals surface area contributed by atoms with Gasteiger partial charge in [0.2, 0.25) is 0 Å². The molecule has 1 fully saturated rings. The Hall–Kier alpha value is -1.39. The topological polar surface area (TPSA) is 38.8 Å². The van der Waals surface area contributed by atoms with Crippen LogP contribution in [0.3, 0.4) is 0 Å². The van der Waals surface area contributed by atoms with Crippen LogP contribution in [-0.4, -0.2) is 50.1 Å². The molecule has 0 radical (unpaired) electrons. The Morgan fingerprint density at radius 2 is 1.84 bits per heavy atom. The van der Waals surface area contributed by atoms with Crippen LogP contribution in [0.2, 0.25) is 0 Å². The van der Waals surface area contributed by atoms with E-state index in [1.54, 1.807) is 0 Å². The molecule has 0 aromatic heterocycles. The molecule has 0 bridgehead atoms. The molecule has 1 heterocycles. The minimum absolute atomic E-state index is 0.0927. The van der Waals surface area contributed by atoms with Gasteiger partial charge in [-0.2, -0.15) is 0 Å². The van der Waals surface area contributed by atoms with E-state index in [1.165, 1.54) is 19.3 Å². The predicted octanol–water partition coefficient (Wildman–Crippen LogP) is 4.19. The quantitative estimate of drug-likeness (QED) is 0.444. The lowest BCUT2D eigenvalue weighted by Crippen LogP contribution is -2.38. The first-order chi connectivity index (χ1) is 12.2. The second kappa shape index (κ2) is 11.3. The number of ether oxygens (including phenoxy) is 2. The monoisotopic (exact) mass is 347 g/mol. The van der Waals surface area contributed by atoms with Gasteiger partial charge in [-0.05, 0) is 63.5 Å². The first-order valence-electron chi connectivity index (χ1n) is 9.81. The molecule has 1 unspecified atom stereocenters. The largest absolute Gasteiger partial charge is 0.494 e. The molecule has 0 spiro atoms. The Balaban J connectivity index is 1.96. The fourth-order valence-electron chi connectivity index (χ4n) is 3.21. The minimum atomic E-state index is -0.0927. The van der Waals surface area contributed by atoms with E-state index in [-0.39, 0.29) is 11.7 Å². The first kappa shape index (κ1) is 19.9. The van der Waals surface area contributed by atoms with Crippen LogP contribution in [0.15, 0.2) is 24.3 Å². The summed E-state index contributed by atoms with van der Waals surface area (Å²) < 4.78 is 11.3. The summed E-state index contributed by atoms with van der Waals surface area (Å²) in [6, 6.07) is 7.58. The van der Waals surface area contributed by atoms with Crippen molar-refractivity contribution in [3.8, 4) is 5.75 Å². The molecule has 140 valence electrons. The van der Waals surface area contributed by atoms with E-state index in [9.17, 15) is 4.79 Å². The van der Waals surface area contributed by atoms with Crippen LogP contribution >= 0.6 is 0 Å². The van der Waals surface area contributed by atoms with Crippen LogP contribution in [-0.2, 0) is 4.74 Å². The Labute approximate surface area is 152 Å². The van der Waals surface area contributed by atoms with Gasteiger partial charge in [-0.25, -0.2) is 0 Å². The van der Waals surface area contributed by atoms with Crippen molar-refractivity contribution in [1.82, 2.24) is 4.90 Å². The van der Waals surface area contributed by atoms with E-state index in [0.717, 1.165) is 50.4 Å². The molecule has 1 aromatic rings. The highest BCUT2D eigenvalue weighted by atomic mass is 16.5. The maximum Gasteiger partial charge on any atom is 0.169 e. The van der Waals surface area contributed by atoms with Crippen molar-refractivity contribution in [2.45, 2.75) is 46.0 Å². The SMILES string of the molecule is CCCCOc1ccc(C(=O)C(COCC)CN2CCCCC2)cc1. The third kappa shape index (κ3) is 6.79. The molecule has 1 aliphatic heterocycles. The zero-order valence-electron chi connectivity index (χ0n) is 15.8. The molecule has 25 heavy (non-hydrogen) atoms. The summed E-state index contributed by atoms with van der Waals surface area (Å²) in [5, 5.41) is 0. The summed E-state index contributed by atoms with van der Waals surface area (Å²) in [6.07, 6.45) is 5.94. The number of likely N-dealkylation sites (tertiary alicyclic amines) is 1. The summed E-state index contributed by atoms with van der Waals surface area (Å²) in [4.78, 5) is 15.4. The van der Waals surface area contributed by atoms with Gasteiger partial charge in [0.1, 0.15) is 5.75 Å². The smallest absolute Gasteiger partial charge is 0.169 e. The van der Waals surface area contributed by atoms with Crippen molar-refractivity contribution in [2.24, 2.45) is 5.92 Å². The minimum Gasteiger partial charge on any atom is -0.494 e. The number of Topliss-reactive ketones (excluding diaryl/α,β-unsaturated/α-hetero) is 1. The van der Waals surface area contributed by atoms with Gasteiger partial charge < -0.3 is 14.4 Å². The molecule has 0 aliphatic carbocycles. The maximum absolute atomic E-state index is 12.9. The third-order valence-corrected chi connectivity index (χ3v) is 4.73. The van der Waals surface area contributed by atoms with Gasteiger partial charge in [-0.1, -0.05) is 19.8 Å². The van der Waals surface area contributed by atoms with Gasteiger partial charge in [0, 0.05) is 18.7 Å². The lowest BCUT2D eigenvalue weighted by molar-refractivity contribution is 0.0622. The van der Waals surface area contributed by atoms with Crippen molar-refractivity contribution in [3.63, 3.8) is 0 Å². The normalized spacial score (nSPS) is 16.6. The molecular weight excluding hydrogens is 314 g/mol. The maximum atomic E-state index is 12.9. The van der Waals surface area contributed by atoms with Gasteiger partial charge in [0.05, 0.1) is 19.1 Å². The number of nitrogens with zero attached hydrogens (tertiary/aromatic N) is 1. The second-order valence-electron chi connectivity index (χ2n) is 6.81. The standard InChI is InChI=1S/C21H33NO3/c1-3-5-15-25-20-11-9-18(10-12-20)21(23)19(17-24-4-2)16-22-13-7-6-8-14-22/h9-12,19H,3-8,13-17H2,1-2H3. The Kier molecular flexibility index (Phi) is 8.98. The number of carbonyl (C=O) groups is 1. The van der Waals surface area contributed by atoms with Gasteiger partial charge >= 0.3 is 0 Å². The van der Waals surface area contributed by atoms with Crippen molar-refractivity contribution in [1.29, 1.82) is 0 Å². The number of piperidine rings is 1. The number of ketones is 1. The lowest BCUT2D eigenvalue weighted by Gasteiger charge is -2.29. The molecule has 4 heteroatoms. The van der Waals surface area contributed by atoms with Crippen LogP contribution in [0, 0.1) is 5.92 Å². The molecular formula is C21H33NO3. The summed E-state index contributed by atoms with van der Waals surface area (Å²) in [6.45, 7) is 8.99. The lowest BCUT2D eigenvalue weighted by atomic mass is 9.96. The zero-order chi connectivity index (χ0) is 17.9. The van der Waals surface area contributed by atoms with Crippen molar-refractivity contribution >= 4 is 5.78 Å². The molecule has 0 N–H and O–H groups in total. The van der Waals surface area contributed by atoms with E-state index in [2.05, 4.69) is 11.8 Å². The number of hydrogen-bond acceptors (Lipinski definition) is 4. The van der Waals surface area contributed by atoms with Crippen LogP contribution in [0.25, 0.3) is 0 Å². The Morgan fingerprint density at radius 3 is 2.48 bits per heavy atom. The van der Waals surface area contributed by atoms with Crippen LogP contribution in [0.4, 0.5) is 0 Å². The van der Waals surface area contributed by atoms with E-state index in [0.29, 0.717) is 13.2 Å². The molecule has 1 aliphatic rings. The van der Waals surface area contributed by atoms with E-state index >= 15 is 0 Å². The molecule has 0 amide bonds. The fourth-order valence-corrected chi connectivity index (χ4v) is 3.21. The summed E-state index contributed by atoms with van der Waals surface area (Å²) in [5.74, 6) is 0.923. The highest BCUT2D eigenvalue weighted by molar-refractivity contribution is 5.98. The van der Waals surface area contributed by atoms with Gasteiger partial charge in [-0.3, -0.25) is 4.79 Å². The van der Waals surface area contributed by atoms with Gasteiger partial charge in [0.15, 0.2) is 5.78 Å². The zero-order valence-corrected chi connectivity index (χ0v) is 15.8. The fraction of sp³-hybridized carbons (Fsp3) is 0.667. The second-order valence-corrected chi connectivity index (χ2v) is 6.81. The molecule has 2 rings (SSSR count). The molecule has 0 saturated carbocycles. The molecule has 1 saturated heterocycles. The average molecular weight is 347 g/mol. The van der Waals surface area contributed by atoms with Crippen LogP contribution in [0.5, 0.6) is 5.75 Å². The van der Waals surface area contributed by atoms with Crippen LogP contribution < -0.4 is 4.74 Å². The van der Waals surface area contributed by atoms with Gasteiger partial charge in [0.25, 0.3) is 0 Å². The van der Waals surface area contributed by atoms with Crippen LogP contribution in [0.1, 0.15) is 56.3 Å². The van der Waals surface area contributed by atoms with E-state index in [1.807, 2.05) is 31.2 Å². The molecule has 4 nitrogen and oxygen atoms in total. The number of benzene rings is 1. The third-order valence-electron chi connectivity index (χ3n) is 4.73. The summed E-state index contributed by atoms with van der Waals surface area (Å²) in [7, 11) is 0. The van der Waals surface area contributed by atoms with E-state index < -0.39 is 0 Å².